The highest BCUT2D eigenvalue weighted by Crippen LogP contribution is 2.33. The van der Waals surface area contributed by atoms with Crippen LogP contribution in [0.3, 0.4) is 0 Å². The van der Waals surface area contributed by atoms with Crippen LogP contribution in [0.15, 0.2) is 35.0 Å². The minimum atomic E-state index is 0.545. The number of rotatable bonds is 5. The van der Waals surface area contributed by atoms with Gasteiger partial charge in [-0.25, -0.2) is 0 Å². The van der Waals surface area contributed by atoms with Crippen LogP contribution >= 0.6 is 0 Å². The van der Waals surface area contributed by atoms with Crippen LogP contribution in [0, 0.1) is 5.92 Å². The van der Waals surface area contributed by atoms with Crippen molar-refractivity contribution in [3.05, 3.63) is 30.5 Å². The molecule has 1 aliphatic rings. The molecule has 1 atom stereocenters. The lowest BCUT2D eigenvalue weighted by molar-refractivity contribution is 0.387. The molecule has 0 spiro atoms. The molecule has 0 saturated carbocycles. The summed E-state index contributed by atoms with van der Waals surface area (Å²) in [5.41, 5.74) is 2.13. The molecule has 5 nitrogen and oxygen atoms in total. The van der Waals surface area contributed by atoms with Gasteiger partial charge in [0.2, 0.25) is 0 Å². The van der Waals surface area contributed by atoms with Crippen molar-refractivity contribution in [3.63, 3.8) is 0 Å². The smallest absolute Gasteiger partial charge is 0.170 e. The van der Waals surface area contributed by atoms with E-state index in [-0.39, 0.29) is 0 Å². The molecule has 124 valence electrons. The first-order valence-corrected chi connectivity index (χ1v) is 8.25. The third-order valence-electron chi connectivity index (χ3n) is 4.26. The Morgan fingerprint density at radius 1 is 1.39 bits per heavy atom. The van der Waals surface area contributed by atoms with E-state index in [9.17, 15) is 0 Å². The fraction of sp³-hybridized carbons (Fsp3) is 0.500. The molecule has 3 rings (SSSR count). The second-order valence-corrected chi connectivity index (χ2v) is 6.49. The van der Waals surface area contributed by atoms with E-state index in [0.29, 0.717) is 12.0 Å². The normalized spacial score (nSPS) is 18.4. The van der Waals surface area contributed by atoms with Gasteiger partial charge < -0.3 is 19.5 Å². The van der Waals surface area contributed by atoms with E-state index in [4.69, 9.17) is 9.26 Å². The summed E-state index contributed by atoms with van der Waals surface area (Å²) in [7, 11) is 1.69. The molecule has 1 aromatic heterocycles. The number of ether oxygens (including phenoxy) is 1. The van der Waals surface area contributed by atoms with Crippen LogP contribution in [0.1, 0.15) is 20.3 Å². The molecule has 5 heteroatoms. The molecule has 1 aliphatic heterocycles. The summed E-state index contributed by atoms with van der Waals surface area (Å²) in [6, 6.07) is 8.67. The maximum absolute atomic E-state index is 5.56. The average molecular weight is 315 g/mol. The van der Waals surface area contributed by atoms with Gasteiger partial charge >= 0.3 is 0 Å². The summed E-state index contributed by atoms with van der Waals surface area (Å²) >= 11 is 0. The third kappa shape index (κ3) is 3.67. The Hall–Kier alpha value is -2.01. The number of anilines is 1. The summed E-state index contributed by atoms with van der Waals surface area (Å²) in [5.74, 6) is 2.25. The zero-order valence-corrected chi connectivity index (χ0v) is 14.1. The summed E-state index contributed by atoms with van der Waals surface area (Å²) < 4.78 is 10.8. The van der Waals surface area contributed by atoms with Crippen molar-refractivity contribution in [2.45, 2.75) is 26.3 Å². The van der Waals surface area contributed by atoms with Crippen molar-refractivity contribution in [2.75, 3.05) is 31.6 Å². The minimum Gasteiger partial charge on any atom is -0.496 e. The van der Waals surface area contributed by atoms with E-state index in [1.807, 2.05) is 12.1 Å². The fourth-order valence-electron chi connectivity index (χ4n) is 3.22. The van der Waals surface area contributed by atoms with Gasteiger partial charge in [-0.2, -0.15) is 0 Å². The second kappa shape index (κ2) is 7.04. The van der Waals surface area contributed by atoms with Crippen molar-refractivity contribution >= 4 is 5.69 Å². The lowest BCUT2D eigenvalue weighted by Gasteiger charge is -2.36. The zero-order valence-electron chi connectivity index (χ0n) is 14.1. The van der Waals surface area contributed by atoms with Gasteiger partial charge in [0.25, 0.3) is 0 Å². The highest BCUT2D eigenvalue weighted by Gasteiger charge is 2.21. The van der Waals surface area contributed by atoms with Crippen molar-refractivity contribution < 1.29 is 9.26 Å². The van der Waals surface area contributed by atoms with Crippen LogP contribution < -0.4 is 15.0 Å². The monoisotopic (exact) mass is 315 g/mol. The highest BCUT2D eigenvalue weighted by atomic mass is 16.5. The highest BCUT2D eigenvalue weighted by molar-refractivity contribution is 5.70. The fourth-order valence-corrected chi connectivity index (χ4v) is 3.22. The average Bonchev–Trinajstić information content (AvgIpc) is 3.08. The van der Waals surface area contributed by atoms with Gasteiger partial charge in [-0.15, -0.1) is 0 Å². The van der Waals surface area contributed by atoms with E-state index in [1.54, 1.807) is 13.3 Å². The molecule has 2 heterocycles. The van der Waals surface area contributed by atoms with E-state index in [1.165, 1.54) is 12.1 Å². The van der Waals surface area contributed by atoms with Gasteiger partial charge in [0.05, 0.1) is 18.9 Å². The first-order valence-electron chi connectivity index (χ1n) is 8.25. The van der Waals surface area contributed by atoms with Crippen LogP contribution in [0.2, 0.25) is 0 Å². The Morgan fingerprint density at radius 2 is 2.26 bits per heavy atom. The topological polar surface area (TPSA) is 50.5 Å². The molecule has 0 radical (unpaired) electrons. The summed E-state index contributed by atoms with van der Waals surface area (Å²) in [4.78, 5) is 2.43. The molecule has 1 N–H and O–H groups in total. The summed E-state index contributed by atoms with van der Waals surface area (Å²) in [6.45, 7) is 7.61. The molecule has 2 aromatic rings. The van der Waals surface area contributed by atoms with Crippen molar-refractivity contribution in [1.82, 2.24) is 10.5 Å². The van der Waals surface area contributed by atoms with Gasteiger partial charge in [-0.3, -0.25) is 0 Å². The molecule has 1 aromatic carbocycles. The Balaban J connectivity index is 1.80. The first-order chi connectivity index (χ1) is 11.2. The van der Waals surface area contributed by atoms with Crippen molar-refractivity contribution in [3.8, 4) is 17.1 Å². The minimum absolute atomic E-state index is 0.545. The number of nitrogens with zero attached hydrogens (tertiary/aromatic N) is 2. The van der Waals surface area contributed by atoms with Gasteiger partial charge in [-0.1, -0.05) is 19.0 Å². The number of piperazine rings is 1. The van der Waals surface area contributed by atoms with E-state index in [2.05, 4.69) is 41.4 Å². The standard InChI is InChI=1S/C18H25N3O2/c1-13(2)10-14-12-21(9-8-19-14)15-4-5-16(18(11-15)22-3)17-6-7-20-23-17/h4-7,11,13-14,19H,8-10,12H2,1-3H3. The Labute approximate surface area is 137 Å². The molecular formula is C18H25N3O2. The molecule has 0 aliphatic carbocycles. The van der Waals surface area contributed by atoms with Gasteiger partial charge in [-0.05, 0) is 24.5 Å². The number of methoxy groups -OCH3 is 1. The van der Waals surface area contributed by atoms with Gasteiger partial charge in [0.1, 0.15) is 5.75 Å². The summed E-state index contributed by atoms with van der Waals surface area (Å²) in [6.07, 6.45) is 2.85. The van der Waals surface area contributed by atoms with Crippen LogP contribution in [0.5, 0.6) is 5.75 Å². The van der Waals surface area contributed by atoms with Crippen LogP contribution in [0.4, 0.5) is 5.69 Å². The van der Waals surface area contributed by atoms with Crippen molar-refractivity contribution in [1.29, 1.82) is 0 Å². The summed E-state index contributed by atoms with van der Waals surface area (Å²) in [5, 5.41) is 7.39. The predicted molar refractivity (Wildman–Crippen MR) is 91.9 cm³/mol. The molecule has 1 fully saturated rings. The predicted octanol–water partition coefficient (Wildman–Crippen LogP) is 3.17. The Kier molecular flexibility index (Phi) is 4.86. The molecule has 1 saturated heterocycles. The number of hydrogen-bond donors (Lipinski definition) is 1. The van der Waals surface area contributed by atoms with Crippen molar-refractivity contribution in [2.24, 2.45) is 5.92 Å². The second-order valence-electron chi connectivity index (χ2n) is 6.49. The lowest BCUT2D eigenvalue weighted by Crippen LogP contribution is -2.51. The quantitative estimate of drug-likeness (QED) is 0.918. The van der Waals surface area contributed by atoms with Crippen LogP contribution in [-0.4, -0.2) is 37.9 Å². The molecule has 0 amide bonds. The Bertz CT molecular complexity index is 625. The van der Waals surface area contributed by atoms with Crippen LogP contribution in [0.25, 0.3) is 11.3 Å². The number of hydrogen-bond acceptors (Lipinski definition) is 5. The molecule has 1 unspecified atom stereocenters. The number of nitrogens with one attached hydrogen (secondary N) is 1. The Morgan fingerprint density at radius 3 is 2.96 bits per heavy atom. The van der Waals surface area contributed by atoms with Gasteiger partial charge in [0, 0.05) is 43.5 Å². The van der Waals surface area contributed by atoms with E-state index < -0.39 is 0 Å². The number of aromatic nitrogens is 1. The molecular weight excluding hydrogens is 290 g/mol. The SMILES string of the molecule is COc1cc(N2CCNC(CC(C)C)C2)ccc1-c1ccno1. The zero-order chi connectivity index (χ0) is 16.2. The molecule has 23 heavy (non-hydrogen) atoms. The largest absolute Gasteiger partial charge is 0.496 e. The van der Waals surface area contributed by atoms with Crippen LogP contribution in [-0.2, 0) is 0 Å². The van der Waals surface area contributed by atoms with E-state index >= 15 is 0 Å². The van der Waals surface area contributed by atoms with E-state index in [0.717, 1.165) is 36.7 Å². The number of benzene rings is 1. The van der Waals surface area contributed by atoms with Gasteiger partial charge in [0.15, 0.2) is 5.76 Å². The first kappa shape index (κ1) is 15.9. The maximum Gasteiger partial charge on any atom is 0.170 e. The molecule has 0 bridgehead atoms. The lowest BCUT2D eigenvalue weighted by atomic mass is 10.0. The third-order valence-corrected chi connectivity index (χ3v) is 4.26. The maximum atomic E-state index is 5.56.